The molecule has 1 N–H and O–H groups in total. The van der Waals surface area contributed by atoms with Gasteiger partial charge in [0.2, 0.25) is 5.91 Å². The lowest BCUT2D eigenvalue weighted by Crippen LogP contribution is -2.41. The smallest absolute Gasteiger partial charge is 0.222 e. The molecule has 0 radical (unpaired) electrons. The first-order valence-corrected chi connectivity index (χ1v) is 9.46. The van der Waals surface area contributed by atoms with Crippen molar-refractivity contribution >= 4 is 11.6 Å². The summed E-state index contributed by atoms with van der Waals surface area (Å²) in [4.78, 5) is 12.6. The molecule has 3 heterocycles. The Hall–Kier alpha value is -2.63. The lowest BCUT2D eigenvalue weighted by atomic mass is 9.78. The number of rotatable bonds is 6. The highest BCUT2D eigenvalue weighted by Gasteiger charge is 2.35. The number of hydrogen-bond acceptors (Lipinski definition) is 3. The Labute approximate surface area is 153 Å². The number of carbonyl (C=O) groups is 1. The Morgan fingerprint density at radius 2 is 1.81 bits per heavy atom. The van der Waals surface area contributed by atoms with Gasteiger partial charge in [0.05, 0.1) is 12.0 Å². The number of aromatic nitrogens is 4. The van der Waals surface area contributed by atoms with Gasteiger partial charge in [-0.25, -0.2) is 0 Å². The molecule has 1 aliphatic rings. The number of hydrogen-bond donors (Lipinski definition) is 1. The molecular weight excluding hydrogens is 326 g/mol. The van der Waals surface area contributed by atoms with Gasteiger partial charge in [0, 0.05) is 31.6 Å². The van der Waals surface area contributed by atoms with E-state index in [9.17, 15) is 4.79 Å². The van der Waals surface area contributed by atoms with Crippen LogP contribution in [-0.4, -0.2) is 31.6 Å². The minimum atomic E-state index is -0.0621. The van der Waals surface area contributed by atoms with Crippen molar-refractivity contribution < 1.29 is 4.79 Å². The van der Waals surface area contributed by atoms with Gasteiger partial charge in [-0.1, -0.05) is 25.3 Å². The molecule has 1 fully saturated rings. The minimum absolute atomic E-state index is 0.0621. The van der Waals surface area contributed by atoms with E-state index in [2.05, 4.69) is 32.5 Å². The average molecular weight is 351 g/mol. The van der Waals surface area contributed by atoms with Crippen LogP contribution in [-0.2, 0) is 16.8 Å². The monoisotopic (exact) mass is 351 g/mol. The molecule has 1 aliphatic carbocycles. The summed E-state index contributed by atoms with van der Waals surface area (Å²) in [6, 6.07) is 9.93. The number of carbonyl (C=O) groups excluding carboxylic acids is 1. The third kappa shape index (κ3) is 3.36. The van der Waals surface area contributed by atoms with Crippen LogP contribution in [0.5, 0.6) is 0 Å². The largest absolute Gasteiger partial charge is 0.356 e. The summed E-state index contributed by atoms with van der Waals surface area (Å²) in [6.07, 6.45) is 13.2. The fourth-order valence-corrected chi connectivity index (χ4v) is 4.12. The van der Waals surface area contributed by atoms with Crippen LogP contribution in [0.2, 0.25) is 0 Å². The molecule has 0 aliphatic heterocycles. The van der Waals surface area contributed by atoms with Crippen LogP contribution >= 0.6 is 0 Å². The zero-order valence-electron chi connectivity index (χ0n) is 15.0. The van der Waals surface area contributed by atoms with Gasteiger partial charge in [-0.05, 0) is 37.1 Å². The van der Waals surface area contributed by atoms with E-state index in [-0.39, 0.29) is 11.4 Å². The second-order valence-corrected chi connectivity index (χ2v) is 7.20. The van der Waals surface area contributed by atoms with Crippen LogP contribution in [0.1, 0.15) is 44.3 Å². The van der Waals surface area contributed by atoms with Crippen LogP contribution in [0.15, 0.2) is 48.9 Å². The molecule has 6 nitrogen and oxygen atoms in total. The molecule has 0 saturated heterocycles. The molecule has 4 rings (SSSR count). The van der Waals surface area contributed by atoms with Gasteiger partial charge in [-0.3, -0.25) is 9.20 Å². The Balaban J connectivity index is 1.37. The number of amides is 1. The summed E-state index contributed by atoms with van der Waals surface area (Å²) < 4.78 is 4.21. The van der Waals surface area contributed by atoms with Crippen molar-refractivity contribution in [3.8, 4) is 0 Å². The van der Waals surface area contributed by atoms with E-state index in [0.717, 1.165) is 24.3 Å². The third-order valence-corrected chi connectivity index (χ3v) is 5.48. The van der Waals surface area contributed by atoms with Gasteiger partial charge in [0.1, 0.15) is 5.82 Å². The zero-order valence-corrected chi connectivity index (χ0v) is 15.0. The van der Waals surface area contributed by atoms with E-state index < -0.39 is 0 Å². The lowest BCUT2D eigenvalue weighted by molar-refractivity contribution is -0.123. The standard InChI is InChI=1S/C20H25N5O/c26-19(16-20(10-3-1-4-11-20)24-13-6-7-14-24)21-12-9-18-23-22-17-8-2-5-15-25(17)18/h2,5-8,13-15H,1,3-4,9-12,16H2,(H,21,26). The van der Waals surface area contributed by atoms with Gasteiger partial charge in [0.25, 0.3) is 0 Å². The fourth-order valence-electron chi connectivity index (χ4n) is 4.12. The highest BCUT2D eigenvalue weighted by atomic mass is 16.1. The van der Waals surface area contributed by atoms with Gasteiger partial charge < -0.3 is 9.88 Å². The van der Waals surface area contributed by atoms with Crippen molar-refractivity contribution in [2.45, 2.75) is 50.5 Å². The third-order valence-electron chi connectivity index (χ3n) is 5.48. The van der Waals surface area contributed by atoms with Crippen molar-refractivity contribution in [2.75, 3.05) is 6.54 Å². The van der Waals surface area contributed by atoms with Gasteiger partial charge in [-0.2, -0.15) is 0 Å². The van der Waals surface area contributed by atoms with Crippen LogP contribution in [0.4, 0.5) is 0 Å². The maximum atomic E-state index is 12.6. The summed E-state index contributed by atoms with van der Waals surface area (Å²) in [7, 11) is 0. The molecule has 0 bridgehead atoms. The van der Waals surface area contributed by atoms with Crippen LogP contribution in [0, 0.1) is 0 Å². The van der Waals surface area contributed by atoms with Crippen molar-refractivity contribution in [1.82, 2.24) is 24.5 Å². The zero-order chi connectivity index (χ0) is 17.8. The lowest BCUT2D eigenvalue weighted by Gasteiger charge is -2.38. The van der Waals surface area contributed by atoms with Gasteiger partial charge in [0.15, 0.2) is 5.65 Å². The molecular formula is C20H25N5O. The van der Waals surface area contributed by atoms with Gasteiger partial charge >= 0.3 is 0 Å². The SMILES string of the molecule is O=C(CC1(n2cccc2)CCCCC1)NCCc1nnc2ccccn12. The van der Waals surface area contributed by atoms with E-state index in [4.69, 9.17) is 0 Å². The first-order chi connectivity index (χ1) is 12.8. The molecule has 26 heavy (non-hydrogen) atoms. The van der Waals surface area contributed by atoms with Crippen molar-refractivity contribution in [3.63, 3.8) is 0 Å². The summed E-state index contributed by atoms with van der Waals surface area (Å²) >= 11 is 0. The van der Waals surface area contributed by atoms with Crippen molar-refractivity contribution in [2.24, 2.45) is 0 Å². The molecule has 0 atom stereocenters. The van der Waals surface area contributed by atoms with Crippen LogP contribution in [0.25, 0.3) is 5.65 Å². The first kappa shape index (κ1) is 16.8. The average Bonchev–Trinajstić information content (AvgIpc) is 3.33. The highest BCUT2D eigenvalue weighted by Crippen LogP contribution is 2.37. The second kappa shape index (κ2) is 7.32. The predicted molar refractivity (Wildman–Crippen MR) is 99.8 cm³/mol. The molecule has 3 aromatic rings. The fraction of sp³-hybridized carbons (Fsp3) is 0.450. The number of nitrogens with one attached hydrogen (secondary N) is 1. The molecule has 3 aromatic heterocycles. The Kier molecular flexibility index (Phi) is 4.73. The predicted octanol–water partition coefficient (Wildman–Crippen LogP) is 2.94. The summed E-state index contributed by atoms with van der Waals surface area (Å²) in [5.41, 5.74) is 0.774. The highest BCUT2D eigenvalue weighted by molar-refractivity contribution is 5.77. The molecule has 1 amide bonds. The Morgan fingerprint density at radius 1 is 1.04 bits per heavy atom. The molecule has 0 aromatic carbocycles. The van der Waals surface area contributed by atoms with E-state index in [1.807, 2.05) is 40.9 Å². The van der Waals surface area contributed by atoms with Gasteiger partial charge in [-0.15, -0.1) is 10.2 Å². The minimum Gasteiger partial charge on any atom is -0.356 e. The van der Waals surface area contributed by atoms with Crippen LogP contribution < -0.4 is 5.32 Å². The van der Waals surface area contributed by atoms with Crippen molar-refractivity contribution in [1.29, 1.82) is 0 Å². The Morgan fingerprint density at radius 3 is 2.62 bits per heavy atom. The maximum Gasteiger partial charge on any atom is 0.222 e. The molecule has 0 spiro atoms. The maximum absolute atomic E-state index is 12.6. The molecule has 1 saturated carbocycles. The van der Waals surface area contributed by atoms with Crippen LogP contribution in [0.3, 0.4) is 0 Å². The normalized spacial score (nSPS) is 16.6. The van der Waals surface area contributed by atoms with E-state index in [0.29, 0.717) is 19.4 Å². The molecule has 0 unspecified atom stereocenters. The quantitative estimate of drug-likeness (QED) is 0.743. The summed E-state index contributed by atoms with van der Waals surface area (Å²) in [5.74, 6) is 0.994. The van der Waals surface area contributed by atoms with E-state index in [1.165, 1.54) is 19.3 Å². The summed E-state index contributed by atoms with van der Waals surface area (Å²) in [6.45, 7) is 0.580. The van der Waals surface area contributed by atoms with E-state index >= 15 is 0 Å². The van der Waals surface area contributed by atoms with E-state index in [1.54, 1.807) is 0 Å². The topological polar surface area (TPSA) is 64.2 Å². The summed E-state index contributed by atoms with van der Waals surface area (Å²) in [5, 5.41) is 11.5. The number of fused-ring (bicyclic) bond motifs is 1. The Bertz CT molecular complexity index is 861. The molecule has 136 valence electrons. The molecule has 6 heteroatoms. The second-order valence-electron chi connectivity index (χ2n) is 7.20. The van der Waals surface area contributed by atoms with Crippen molar-refractivity contribution in [3.05, 3.63) is 54.7 Å². The first-order valence-electron chi connectivity index (χ1n) is 9.46. The number of pyridine rings is 1. The number of nitrogens with zero attached hydrogens (tertiary/aromatic N) is 4.